The smallest absolute Gasteiger partial charge is 0.335 e. The number of aromatic nitrogens is 3. The molecule has 0 atom stereocenters. The Balaban J connectivity index is 1.43. The van der Waals surface area contributed by atoms with Gasteiger partial charge in [-0.05, 0) is 54.8 Å². The second-order valence-corrected chi connectivity index (χ2v) is 7.60. The van der Waals surface area contributed by atoms with Crippen LogP contribution in [-0.4, -0.2) is 45.8 Å². The number of carbonyl (C=O) groups is 2. The summed E-state index contributed by atoms with van der Waals surface area (Å²) in [5.74, 6) is 0.530. The summed E-state index contributed by atoms with van der Waals surface area (Å²) in [6.45, 7) is 0. The van der Waals surface area contributed by atoms with E-state index in [0.29, 0.717) is 42.2 Å². The van der Waals surface area contributed by atoms with Crippen LogP contribution in [0.3, 0.4) is 0 Å². The second kappa shape index (κ2) is 10.0. The third kappa shape index (κ3) is 4.98. The SMILES string of the molecule is COc1ccc(-c2ccnc3cc(NC(=O)CCCc4ccc(C(=O)O)cc4)nn23)cc1OC. The van der Waals surface area contributed by atoms with Crippen molar-refractivity contribution in [1.82, 2.24) is 14.6 Å². The molecule has 0 fully saturated rings. The third-order valence-corrected chi connectivity index (χ3v) is 5.37. The first kappa shape index (κ1) is 22.8. The standard InChI is InChI=1S/C25H24N4O5/c1-33-20-11-10-18(14-21(20)34-2)19-12-13-26-23-15-22(28-29(19)23)27-24(30)5-3-4-16-6-8-17(9-7-16)25(31)32/h6-15H,3-5H2,1-2H3,(H,31,32)(H,27,28,30). The van der Waals surface area contributed by atoms with E-state index in [9.17, 15) is 9.59 Å². The van der Waals surface area contributed by atoms with Crippen LogP contribution in [0.15, 0.2) is 60.8 Å². The molecule has 0 bridgehead atoms. The normalized spacial score (nSPS) is 10.8. The molecule has 0 spiro atoms. The van der Waals surface area contributed by atoms with Gasteiger partial charge in [0.2, 0.25) is 5.91 Å². The summed E-state index contributed by atoms with van der Waals surface area (Å²) in [7, 11) is 3.16. The highest BCUT2D eigenvalue weighted by molar-refractivity contribution is 5.90. The zero-order valence-electron chi connectivity index (χ0n) is 18.8. The maximum atomic E-state index is 12.4. The summed E-state index contributed by atoms with van der Waals surface area (Å²) in [6.07, 6.45) is 3.29. The Hall–Kier alpha value is -4.40. The molecule has 9 heteroatoms. The van der Waals surface area contributed by atoms with E-state index in [1.165, 1.54) is 0 Å². The number of amides is 1. The Labute approximate surface area is 196 Å². The number of aromatic carboxylic acids is 1. The van der Waals surface area contributed by atoms with E-state index in [-0.39, 0.29) is 11.5 Å². The number of aryl methyl sites for hydroxylation is 1. The quantitative estimate of drug-likeness (QED) is 0.387. The minimum Gasteiger partial charge on any atom is -0.493 e. The van der Waals surface area contributed by atoms with Crippen LogP contribution in [-0.2, 0) is 11.2 Å². The van der Waals surface area contributed by atoms with Crippen LogP contribution in [0.4, 0.5) is 5.82 Å². The third-order valence-electron chi connectivity index (χ3n) is 5.37. The molecule has 4 aromatic rings. The zero-order valence-corrected chi connectivity index (χ0v) is 18.8. The number of anilines is 1. The molecule has 2 aromatic heterocycles. The van der Waals surface area contributed by atoms with Crippen molar-refractivity contribution in [3.63, 3.8) is 0 Å². The van der Waals surface area contributed by atoms with Gasteiger partial charge in [-0.2, -0.15) is 0 Å². The van der Waals surface area contributed by atoms with Gasteiger partial charge in [0, 0.05) is 24.2 Å². The topological polar surface area (TPSA) is 115 Å². The average molecular weight is 460 g/mol. The molecule has 0 saturated carbocycles. The Bertz CT molecular complexity index is 1330. The van der Waals surface area contributed by atoms with Crippen LogP contribution in [0.2, 0.25) is 0 Å². The van der Waals surface area contributed by atoms with Crippen molar-refractivity contribution in [3.8, 4) is 22.8 Å². The molecule has 1 amide bonds. The van der Waals surface area contributed by atoms with Crippen molar-refractivity contribution in [2.24, 2.45) is 0 Å². The number of hydrogen-bond acceptors (Lipinski definition) is 6. The molecule has 0 radical (unpaired) electrons. The minimum absolute atomic E-state index is 0.154. The van der Waals surface area contributed by atoms with E-state index >= 15 is 0 Å². The van der Waals surface area contributed by atoms with Crippen LogP contribution in [0.5, 0.6) is 11.5 Å². The summed E-state index contributed by atoms with van der Waals surface area (Å²) in [6, 6.07) is 15.8. The lowest BCUT2D eigenvalue weighted by Crippen LogP contribution is -2.12. The van der Waals surface area contributed by atoms with Crippen molar-refractivity contribution in [2.75, 3.05) is 19.5 Å². The summed E-state index contributed by atoms with van der Waals surface area (Å²) in [5.41, 5.74) is 3.47. The van der Waals surface area contributed by atoms with E-state index in [0.717, 1.165) is 16.8 Å². The largest absolute Gasteiger partial charge is 0.493 e. The number of fused-ring (bicyclic) bond motifs is 1. The van der Waals surface area contributed by atoms with Gasteiger partial charge >= 0.3 is 5.97 Å². The molecular formula is C25H24N4O5. The van der Waals surface area contributed by atoms with Gasteiger partial charge in [-0.25, -0.2) is 14.3 Å². The molecule has 2 N–H and O–H groups in total. The molecule has 174 valence electrons. The number of carboxylic acid groups (broad SMARTS) is 1. The Morgan fingerprint density at radius 3 is 2.47 bits per heavy atom. The van der Waals surface area contributed by atoms with Crippen LogP contribution in [0.1, 0.15) is 28.8 Å². The van der Waals surface area contributed by atoms with Gasteiger partial charge < -0.3 is 19.9 Å². The van der Waals surface area contributed by atoms with Crippen molar-refractivity contribution < 1.29 is 24.2 Å². The Kier molecular flexibility index (Phi) is 6.72. The maximum Gasteiger partial charge on any atom is 0.335 e. The fraction of sp³-hybridized carbons (Fsp3) is 0.200. The Morgan fingerprint density at radius 1 is 1.00 bits per heavy atom. The Morgan fingerprint density at radius 2 is 1.76 bits per heavy atom. The molecule has 0 aliphatic rings. The number of nitrogens with one attached hydrogen (secondary N) is 1. The number of hydrogen-bond donors (Lipinski definition) is 2. The fourth-order valence-corrected chi connectivity index (χ4v) is 3.64. The number of rotatable bonds is 9. The molecule has 2 heterocycles. The lowest BCUT2D eigenvalue weighted by Gasteiger charge is -2.10. The molecule has 2 aromatic carbocycles. The van der Waals surface area contributed by atoms with E-state index in [1.54, 1.807) is 55.3 Å². The van der Waals surface area contributed by atoms with Crippen molar-refractivity contribution >= 4 is 23.3 Å². The highest BCUT2D eigenvalue weighted by atomic mass is 16.5. The first-order valence-electron chi connectivity index (χ1n) is 10.7. The summed E-state index contributed by atoms with van der Waals surface area (Å²) < 4.78 is 12.4. The number of nitrogens with zero attached hydrogens (tertiary/aromatic N) is 3. The van der Waals surface area contributed by atoms with Gasteiger partial charge in [-0.1, -0.05) is 12.1 Å². The first-order valence-corrected chi connectivity index (χ1v) is 10.7. The highest BCUT2D eigenvalue weighted by Crippen LogP contribution is 2.32. The lowest BCUT2D eigenvalue weighted by atomic mass is 10.1. The number of carbonyl (C=O) groups excluding carboxylic acids is 1. The lowest BCUT2D eigenvalue weighted by molar-refractivity contribution is -0.116. The van der Waals surface area contributed by atoms with E-state index in [4.69, 9.17) is 14.6 Å². The monoisotopic (exact) mass is 460 g/mol. The molecule has 4 rings (SSSR count). The average Bonchev–Trinajstić information content (AvgIpc) is 3.26. The maximum absolute atomic E-state index is 12.4. The van der Waals surface area contributed by atoms with E-state index in [2.05, 4.69) is 15.4 Å². The van der Waals surface area contributed by atoms with Crippen LogP contribution in [0.25, 0.3) is 16.9 Å². The number of ether oxygens (including phenoxy) is 2. The van der Waals surface area contributed by atoms with Gasteiger partial charge in [0.05, 0.1) is 25.5 Å². The predicted molar refractivity (Wildman–Crippen MR) is 126 cm³/mol. The summed E-state index contributed by atoms with van der Waals surface area (Å²) in [5, 5.41) is 16.3. The highest BCUT2D eigenvalue weighted by Gasteiger charge is 2.13. The van der Waals surface area contributed by atoms with Gasteiger partial charge in [0.1, 0.15) is 0 Å². The number of methoxy groups -OCH3 is 2. The predicted octanol–water partition coefficient (Wildman–Crippen LogP) is 4.07. The molecule has 9 nitrogen and oxygen atoms in total. The first-order chi connectivity index (χ1) is 16.5. The molecule has 0 unspecified atom stereocenters. The van der Waals surface area contributed by atoms with Crippen LogP contribution < -0.4 is 14.8 Å². The summed E-state index contributed by atoms with van der Waals surface area (Å²) in [4.78, 5) is 27.7. The van der Waals surface area contributed by atoms with E-state index in [1.807, 2.05) is 24.3 Å². The van der Waals surface area contributed by atoms with Gasteiger partial charge in [-0.15, -0.1) is 5.10 Å². The number of benzene rings is 2. The van der Waals surface area contributed by atoms with Crippen LogP contribution >= 0.6 is 0 Å². The van der Waals surface area contributed by atoms with Crippen LogP contribution in [0, 0.1) is 0 Å². The zero-order chi connectivity index (χ0) is 24.1. The van der Waals surface area contributed by atoms with Gasteiger partial charge in [0.25, 0.3) is 0 Å². The van der Waals surface area contributed by atoms with Crippen molar-refractivity contribution in [1.29, 1.82) is 0 Å². The second-order valence-electron chi connectivity index (χ2n) is 7.60. The fourth-order valence-electron chi connectivity index (χ4n) is 3.64. The van der Waals surface area contributed by atoms with Gasteiger partial charge in [-0.3, -0.25) is 4.79 Å². The summed E-state index contributed by atoms with van der Waals surface area (Å²) >= 11 is 0. The number of carboxylic acids is 1. The molecule has 34 heavy (non-hydrogen) atoms. The van der Waals surface area contributed by atoms with Gasteiger partial charge in [0.15, 0.2) is 23.0 Å². The van der Waals surface area contributed by atoms with Crippen molar-refractivity contribution in [2.45, 2.75) is 19.3 Å². The van der Waals surface area contributed by atoms with E-state index < -0.39 is 5.97 Å². The minimum atomic E-state index is -0.956. The molecule has 0 aliphatic heterocycles. The molecule has 0 saturated heterocycles. The molecule has 0 aliphatic carbocycles. The molecular weight excluding hydrogens is 436 g/mol. The van der Waals surface area contributed by atoms with Crippen molar-refractivity contribution in [3.05, 3.63) is 71.9 Å².